The second kappa shape index (κ2) is 10.8. The van der Waals surface area contributed by atoms with Crippen LogP contribution in [0.5, 0.6) is 5.75 Å². The fourth-order valence-electron chi connectivity index (χ4n) is 3.73. The average Bonchev–Trinajstić information content (AvgIpc) is 2.73. The molecule has 2 N–H and O–H groups in total. The number of hydrogen-bond acceptors (Lipinski definition) is 5. The summed E-state index contributed by atoms with van der Waals surface area (Å²) < 4.78 is 88.2. The lowest BCUT2D eigenvalue weighted by molar-refractivity contribution is -0.330. The van der Waals surface area contributed by atoms with E-state index in [4.69, 9.17) is 9.47 Å². The highest BCUT2D eigenvalue weighted by molar-refractivity contribution is 5.81. The van der Waals surface area contributed by atoms with Crippen molar-refractivity contribution in [1.82, 2.24) is 10.6 Å². The van der Waals surface area contributed by atoms with Gasteiger partial charge in [0.15, 0.2) is 6.61 Å². The van der Waals surface area contributed by atoms with Crippen LogP contribution in [0.3, 0.4) is 0 Å². The lowest BCUT2D eigenvalue weighted by Crippen LogP contribution is -2.52. The van der Waals surface area contributed by atoms with Crippen molar-refractivity contribution in [2.24, 2.45) is 5.92 Å². The normalized spacial score (nSPS) is 25.2. The molecule has 1 aromatic rings. The van der Waals surface area contributed by atoms with E-state index < -0.39 is 43.3 Å². The Bertz CT molecular complexity index is 832. The van der Waals surface area contributed by atoms with Gasteiger partial charge in [-0.05, 0) is 55.9 Å². The molecule has 1 saturated carbocycles. The molecule has 0 aromatic heterocycles. The van der Waals surface area contributed by atoms with Gasteiger partial charge in [0.25, 0.3) is 5.91 Å². The van der Waals surface area contributed by atoms with Gasteiger partial charge in [0, 0.05) is 6.04 Å². The molecule has 2 amide bonds. The largest absolute Gasteiger partial charge is 0.522 e. The van der Waals surface area contributed by atoms with Crippen LogP contribution in [0, 0.1) is 5.92 Å². The molecule has 2 atom stereocenters. The Morgan fingerprint density at radius 1 is 0.971 bits per heavy atom. The molecule has 1 aromatic carbocycles. The first kappa shape index (κ1) is 26.1. The Morgan fingerprint density at radius 2 is 1.65 bits per heavy atom. The smallest absolute Gasteiger partial charge is 0.484 e. The highest BCUT2D eigenvalue weighted by Crippen LogP contribution is 2.31. The second-order valence-corrected chi connectivity index (χ2v) is 8.27. The monoisotopic (exact) mass is 498 g/mol. The van der Waals surface area contributed by atoms with Crippen molar-refractivity contribution in [3.05, 3.63) is 29.8 Å². The summed E-state index contributed by atoms with van der Waals surface area (Å²) >= 11 is 0. The summed E-state index contributed by atoms with van der Waals surface area (Å²) in [7, 11) is 0. The number of ether oxygens (including phenoxy) is 3. The molecule has 2 aliphatic rings. The fourth-order valence-corrected chi connectivity index (χ4v) is 3.73. The molecular formula is C21H24F6N2O5. The number of carbonyl (C=O) groups excluding carboxylic acids is 2. The summed E-state index contributed by atoms with van der Waals surface area (Å²) in [5.41, 5.74) is -0.824. The van der Waals surface area contributed by atoms with Gasteiger partial charge in [-0.2, -0.15) is 13.2 Å². The topological polar surface area (TPSA) is 85.9 Å². The van der Waals surface area contributed by atoms with Crippen LogP contribution in [0.2, 0.25) is 0 Å². The summed E-state index contributed by atoms with van der Waals surface area (Å²) in [6, 6.07) is 3.37. The minimum absolute atomic E-state index is 0.0802. The molecule has 1 heterocycles. The van der Waals surface area contributed by atoms with Crippen molar-refractivity contribution >= 4 is 11.8 Å². The average molecular weight is 498 g/mol. The van der Waals surface area contributed by atoms with Gasteiger partial charge in [0.2, 0.25) is 5.91 Å². The van der Waals surface area contributed by atoms with Crippen molar-refractivity contribution in [3.8, 4) is 5.75 Å². The molecule has 0 unspecified atom stereocenters. The van der Waals surface area contributed by atoms with Gasteiger partial charge in [0.1, 0.15) is 11.9 Å². The minimum Gasteiger partial charge on any atom is -0.484 e. The molecule has 0 bridgehead atoms. The third-order valence-corrected chi connectivity index (χ3v) is 5.55. The summed E-state index contributed by atoms with van der Waals surface area (Å²) in [5, 5.41) is 5.41. The first-order valence-electron chi connectivity index (χ1n) is 10.6. The molecule has 1 saturated heterocycles. The van der Waals surface area contributed by atoms with Gasteiger partial charge in [-0.3, -0.25) is 14.3 Å². The first-order chi connectivity index (χ1) is 15.9. The van der Waals surface area contributed by atoms with Crippen LogP contribution in [0.15, 0.2) is 24.3 Å². The van der Waals surface area contributed by atoms with Crippen molar-refractivity contribution in [2.45, 2.75) is 56.4 Å². The fraction of sp³-hybridized carbons (Fsp3) is 0.619. The zero-order valence-electron chi connectivity index (χ0n) is 17.9. The van der Waals surface area contributed by atoms with E-state index in [1.54, 1.807) is 0 Å². The Hall–Kier alpha value is -2.54. The molecule has 0 spiro atoms. The SMILES string of the molecule is O=C(COc1ccc(C(F)(F)F)cc1)N[C@@H]1CC[C@@H](C(=O)N[C@H]2C[C@@H](COC(F)(F)F)C2)OC1. The molecule has 2 fully saturated rings. The van der Waals surface area contributed by atoms with Crippen molar-refractivity contribution < 1.29 is 50.1 Å². The van der Waals surface area contributed by atoms with Crippen molar-refractivity contribution in [3.63, 3.8) is 0 Å². The number of amides is 2. The second-order valence-electron chi connectivity index (χ2n) is 8.27. The lowest BCUT2D eigenvalue weighted by atomic mass is 9.80. The predicted molar refractivity (Wildman–Crippen MR) is 105 cm³/mol. The van der Waals surface area contributed by atoms with Crippen LogP contribution in [-0.4, -0.2) is 56.2 Å². The van der Waals surface area contributed by atoms with Crippen molar-refractivity contribution in [2.75, 3.05) is 19.8 Å². The number of alkyl halides is 6. The Balaban J connectivity index is 1.30. The van der Waals surface area contributed by atoms with Crippen LogP contribution in [-0.2, 0) is 25.2 Å². The maximum Gasteiger partial charge on any atom is 0.522 e. The van der Waals surface area contributed by atoms with Gasteiger partial charge in [-0.15, -0.1) is 13.2 Å². The predicted octanol–water partition coefficient (Wildman–Crippen LogP) is 3.18. The quantitative estimate of drug-likeness (QED) is 0.538. The molecule has 1 aliphatic heterocycles. The van der Waals surface area contributed by atoms with E-state index in [9.17, 15) is 35.9 Å². The zero-order valence-corrected chi connectivity index (χ0v) is 17.9. The zero-order chi connectivity index (χ0) is 24.9. The van der Waals surface area contributed by atoms with Gasteiger partial charge < -0.3 is 20.1 Å². The van der Waals surface area contributed by atoms with Crippen LogP contribution >= 0.6 is 0 Å². The summed E-state index contributed by atoms with van der Waals surface area (Å²) in [6.07, 6.45) is -8.26. The van der Waals surface area contributed by atoms with Gasteiger partial charge in [0.05, 0.1) is 24.8 Å². The van der Waals surface area contributed by atoms with Crippen LogP contribution in [0.1, 0.15) is 31.2 Å². The Kier molecular flexibility index (Phi) is 8.29. The maximum atomic E-state index is 12.6. The highest BCUT2D eigenvalue weighted by atomic mass is 19.4. The van der Waals surface area contributed by atoms with E-state index in [-0.39, 0.29) is 36.3 Å². The Morgan fingerprint density at radius 3 is 2.21 bits per heavy atom. The number of halogens is 6. The molecule has 1 aliphatic carbocycles. The number of hydrogen-bond donors (Lipinski definition) is 2. The summed E-state index contributed by atoms with van der Waals surface area (Å²) in [4.78, 5) is 24.3. The van der Waals surface area contributed by atoms with E-state index in [2.05, 4.69) is 15.4 Å². The van der Waals surface area contributed by atoms with E-state index in [0.29, 0.717) is 25.7 Å². The van der Waals surface area contributed by atoms with Crippen LogP contribution in [0.4, 0.5) is 26.3 Å². The molecule has 13 heteroatoms. The number of benzene rings is 1. The van der Waals surface area contributed by atoms with Crippen molar-refractivity contribution in [1.29, 1.82) is 0 Å². The lowest BCUT2D eigenvalue weighted by Gasteiger charge is -2.37. The van der Waals surface area contributed by atoms with Gasteiger partial charge >= 0.3 is 12.5 Å². The van der Waals surface area contributed by atoms with E-state index >= 15 is 0 Å². The summed E-state index contributed by atoms with van der Waals surface area (Å²) in [6.45, 7) is -0.747. The van der Waals surface area contributed by atoms with Gasteiger partial charge in [-0.25, -0.2) is 0 Å². The molecule has 190 valence electrons. The third-order valence-electron chi connectivity index (χ3n) is 5.55. The molecule has 34 heavy (non-hydrogen) atoms. The summed E-state index contributed by atoms with van der Waals surface area (Å²) in [5.74, 6) is -0.986. The molecule has 0 radical (unpaired) electrons. The van der Waals surface area contributed by atoms with E-state index in [1.807, 2.05) is 0 Å². The maximum absolute atomic E-state index is 12.6. The third kappa shape index (κ3) is 8.05. The Labute approximate surface area is 191 Å². The van der Waals surface area contributed by atoms with Crippen LogP contribution < -0.4 is 15.4 Å². The minimum atomic E-state index is -4.66. The van der Waals surface area contributed by atoms with Gasteiger partial charge in [-0.1, -0.05) is 0 Å². The standard InChI is InChI=1S/C21H24F6N2O5/c22-20(23,24)13-1-4-16(5-2-13)32-11-18(30)28-14-3-6-17(33-10-14)19(31)29-15-7-12(8-15)9-34-21(25,26)27/h1-2,4-5,12,14-15,17H,3,6-11H2,(H,28,30)(H,29,31)/t12-,14-,15+,17+/m1/s1. The molecular weight excluding hydrogens is 474 g/mol. The molecule has 7 nitrogen and oxygen atoms in total. The molecule has 3 rings (SSSR count). The number of nitrogens with one attached hydrogen (secondary N) is 2. The van der Waals surface area contributed by atoms with E-state index in [0.717, 1.165) is 24.3 Å². The number of carbonyl (C=O) groups is 2. The van der Waals surface area contributed by atoms with E-state index in [1.165, 1.54) is 0 Å². The number of rotatable bonds is 8. The van der Waals surface area contributed by atoms with Crippen LogP contribution in [0.25, 0.3) is 0 Å². The highest BCUT2D eigenvalue weighted by Gasteiger charge is 2.37. The first-order valence-corrected chi connectivity index (χ1v) is 10.6.